The average molecular weight is 409 g/mol. The predicted octanol–water partition coefficient (Wildman–Crippen LogP) is 3.22. The zero-order valence-electron chi connectivity index (χ0n) is 17.9. The number of morpholine rings is 1. The lowest BCUT2D eigenvalue weighted by atomic mass is 10.0. The van der Waals surface area contributed by atoms with Crippen molar-refractivity contribution in [2.75, 3.05) is 19.7 Å². The number of ether oxygens (including phenoxy) is 2. The predicted molar refractivity (Wildman–Crippen MR) is 119 cm³/mol. The van der Waals surface area contributed by atoms with Gasteiger partial charge < -0.3 is 20.5 Å². The van der Waals surface area contributed by atoms with E-state index in [9.17, 15) is 0 Å². The van der Waals surface area contributed by atoms with Gasteiger partial charge in [-0.1, -0.05) is 42.5 Å². The number of fused-ring (bicyclic) bond motifs is 1. The molecular formula is C24H32N4O2. The number of hydrogen-bond acceptors (Lipinski definition) is 4. The van der Waals surface area contributed by atoms with E-state index in [0.29, 0.717) is 19.1 Å². The number of nitrogens with zero attached hydrogens (tertiary/aromatic N) is 2. The average Bonchev–Trinajstić information content (AvgIpc) is 2.73. The Morgan fingerprint density at radius 3 is 2.57 bits per heavy atom. The van der Waals surface area contributed by atoms with Gasteiger partial charge in [-0.15, -0.1) is 0 Å². The number of nitrogens with two attached hydrogens (primary N) is 1. The van der Waals surface area contributed by atoms with E-state index < -0.39 is 0 Å². The van der Waals surface area contributed by atoms with Crippen LogP contribution in [0.1, 0.15) is 43.0 Å². The molecule has 30 heavy (non-hydrogen) atoms. The van der Waals surface area contributed by atoms with Crippen LogP contribution < -0.4 is 15.8 Å². The van der Waals surface area contributed by atoms with Gasteiger partial charge in [0.1, 0.15) is 5.75 Å². The number of rotatable bonds is 5. The minimum Gasteiger partial charge on any atom is -0.493 e. The van der Waals surface area contributed by atoms with Crippen LogP contribution in [-0.4, -0.2) is 42.8 Å². The Morgan fingerprint density at radius 1 is 1.07 bits per heavy atom. The van der Waals surface area contributed by atoms with Crippen molar-refractivity contribution < 1.29 is 9.47 Å². The monoisotopic (exact) mass is 408 g/mol. The summed E-state index contributed by atoms with van der Waals surface area (Å²) in [5.41, 5.74) is 9.90. The van der Waals surface area contributed by atoms with Crippen LogP contribution in [0.15, 0.2) is 53.5 Å². The topological polar surface area (TPSA) is 72.1 Å². The van der Waals surface area contributed by atoms with Crippen molar-refractivity contribution in [3.63, 3.8) is 0 Å². The molecule has 6 heteroatoms. The second-order valence-electron chi connectivity index (χ2n) is 8.29. The van der Waals surface area contributed by atoms with E-state index in [1.54, 1.807) is 0 Å². The van der Waals surface area contributed by atoms with E-state index in [1.165, 1.54) is 11.1 Å². The van der Waals surface area contributed by atoms with Crippen LogP contribution >= 0.6 is 0 Å². The van der Waals surface area contributed by atoms with Crippen molar-refractivity contribution in [2.45, 2.75) is 51.6 Å². The highest BCUT2D eigenvalue weighted by molar-refractivity contribution is 5.78. The Balaban J connectivity index is 1.41. The molecule has 0 aliphatic carbocycles. The van der Waals surface area contributed by atoms with Gasteiger partial charge in [0.15, 0.2) is 5.96 Å². The van der Waals surface area contributed by atoms with Crippen LogP contribution in [0.25, 0.3) is 0 Å². The third-order valence-corrected chi connectivity index (χ3v) is 5.71. The van der Waals surface area contributed by atoms with Gasteiger partial charge in [0.25, 0.3) is 0 Å². The highest BCUT2D eigenvalue weighted by Gasteiger charge is 2.23. The summed E-state index contributed by atoms with van der Waals surface area (Å²) < 4.78 is 11.6. The maximum atomic E-state index is 6.25. The molecule has 2 aromatic carbocycles. The van der Waals surface area contributed by atoms with Gasteiger partial charge in [0.05, 0.1) is 31.4 Å². The molecule has 0 spiro atoms. The summed E-state index contributed by atoms with van der Waals surface area (Å²) in [6.45, 7) is 8.34. The highest BCUT2D eigenvalue weighted by atomic mass is 16.5. The quantitative estimate of drug-likeness (QED) is 0.587. The first-order valence-electron chi connectivity index (χ1n) is 10.8. The molecule has 0 amide bonds. The molecule has 0 radical (unpaired) electrons. The maximum absolute atomic E-state index is 6.25. The molecule has 2 aliphatic heterocycles. The van der Waals surface area contributed by atoms with Crippen LogP contribution in [0.4, 0.5) is 0 Å². The fraction of sp³-hybridized carbons (Fsp3) is 0.458. The number of para-hydroxylation sites is 1. The number of guanidine groups is 1. The smallest absolute Gasteiger partial charge is 0.189 e. The van der Waals surface area contributed by atoms with Crippen molar-refractivity contribution >= 4 is 5.96 Å². The summed E-state index contributed by atoms with van der Waals surface area (Å²) >= 11 is 0. The van der Waals surface area contributed by atoms with Crippen LogP contribution in [0.5, 0.6) is 5.75 Å². The SMILES string of the molecule is CC1CN(Cc2ccccc2CN=C(N)NC2CCOc3ccccc32)CC(C)O1. The van der Waals surface area contributed by atoms with Gasteiger partial charge in [-0.05, 0) is 31.0 Å². The maximum Gasteiger partial charge on any atom is 0.189 e. The second-order valence-corrected chi connectivity index (χ2v) is 8.29. The van der Waals surface area contributed by atoms with Gasteiger partial charge in [-0.3, -0.25) is 4.90 Å². The number of aliphatic imine (C=N–C) groups is 1. The molecule has 3 unspecified atom stereocenters. The number of hydrogen-bond donors (Lipinski definition) is 2. The largest absolute Gasteiger partial charge is 0.493 e. The highest BCUT2D eigenvalue weighted by Crippen LogP contribution is 2.31. The Labute approximate surface area is 179 Å². The molecule has 160 valence electrons. The standard InChI is InChI=1S/C24H32N4O2/c1-17-14-28(15-18(2)30-17)16-20-8-4-3-7-19(20)13-26-24(25)27-22-11-12-29-23-10-6-5-9-21(22)23/h3-10,17-18,22H,11-16H2,1-2H3,(H3,25,26,27). The third-order valence-electron chi connectivity index (χ3n) is 5.71. The second kappa shape index (κ2) is 9.49. The van der Waals surface area contributed by atoms with E-state index in [1.807, 2.05) is 18.2 Å². The van der Waals surface area contributed by atoms with Crippen molar-refractivity contribution in [1.82, 2.24) is 10.2 Å². The molecule has 2 aromatic rings. The molecule has 3 atom stereocenters. The minimum atomic E-state index is 0.130. The Kier molecular flexibility index (Phi) is 6.55. The van der Waals surface area contributed by atoms with Crippen molar-refractivity contribution in [3.8, 4) is 5.75 Å². The zero-order chi connectivity index (χ0) is 20.9. The van der Waals surface area contributed by atoms with Crippen LogP contribution in [0.3, 0.4) is 0 Å². The van der Waals surface area contributed by atoms with Gasteiger partial charge >= 0.3 is 0 Å². The number of nitrogens with one attached hydrogen (secondary N) is 1. The van der Waals surface area contributed by atoms with Gasteiger partial charge in [0, 0.05) is 31.6 Å². The van der Waals surface area contributed by atoms with E-state index >= 15 is 0 Å². The lowest BCUT2D eigenvalue weighted by Crippen LogP contribution is -2.44. The molecule has 0 aromatic heterocycles. The summed E-state index contributed by atoms with van der Waals surface area (Å²) in [7, 11) is 0. The lowest BCUT2D eigenvalue weighted by molar-refractivity contribution is -0.0705. The van der Waals surface area contributed by atoms with Crippen LogP contribution in [0, 0.1) is 0 Å². The summed E-state index contributed by atoms with van der Waals surface area (Å²) in [6.07, 6.45) is 1.40. The molecular weight excluding hydrogens is 376 g/mol. The van der Waals surface area contributed by atoms with Crippen molar-refractivity contribution in [2.24, 2.45) is 10.7 Å². The summed E-state index contributed by atoms with van der Waals surface area (Å²) in [4.78, 5) is 7.10. The molecule has 1 fully saturated rings. The van der Waals surface area contributed by atoms with E-state index in [0.717, 1.165) is 37.4 Å². The van der Waals surface area contributed by atoms with Crippen LogP contribution in [-0.2, 0) is 17.8 Å². The van der Waals surface area contributed by atoms with Gasteiger partial charge in [-0.25, -0.2) is 4.99 Å². The first kappa shape index (κ1) is 20.7. The molecule has 0 saturated carbocycles. The number of benzene rings is 2. The molecule has 0 bridgehead atoms. The molecule has 1 saturated heterocycles. The van der Waals surface area contributed by atoms with E-state index in [2.05, 4.69) is 59.4 Å². The fourth-order valence-electron chi connectivity index (χ4n) is 4.41. The summed E-state index contributed by atoms with van der Waals surface area (Å²) in [6, 6.07) is 16.7. The lowest BCUT2D eigenvalue weighted by Gasteiger charge is -2.35. The van der Waals surface area contributed by atoms with Crippen molar-refractivity contribution in [3.05, 3.63) is 65.2 Å². The summed E-state index contributed by atoms with van der Waals surface area (Å²) in [5, 5.41) is 3.38. The normalized spacial score (nSPS) is 24.7. The Bertz CT molecular complexity index is 875. The zero-order valence-corrected chi connectivity index (χ0v) is 17.9. The first-order valence-corrected chi connectivity index (χ1v) is 10.8. The van der Waals surface area contributed by atoms with Gasteiger partial charge in [0.2, 0.25) is 0 Å². The van der Waals surface area contributed by atoms with E-state index in [-0.39, 0.29) is 18.2 Å². The minimum absolute atomic E-state index is 0.130. The summed E-state index contributed by atoms with van der Waals surface area (Å²) in [5.74, 6) is 1.40. The third kappa shape index (κ3) is 5.12. The molecule has 6 nitrogen and oxygen atoms in total. The molecule has 2 heterocycles. The van der Waals surface area contributed by atoms with Crippen LogP contribution in [0.2, 0.25) is 0 Å². The first-order chi connectivity index (χ1) is 14.6. The van der Waals surface area contributed by atoms with Gasteiger partial charge in [-0.2, -0.15) is 0 Å². The van der Waals surface area contributed by atoms with E-state index in [4.69, 9.17) is 15.2 Å². The van der Waals surface area contributed by atoms with Crippen molar-refractivity contribution in [1.29, 1.82) is 0 Å². The Morgan fingerprint density at radius 2 is 1.77 bits per heavy atom. The Hall–Kier alpha value is -2.57. The molecule has 3 N–H and O–H groups in total. The fourth-order valence-corrected chi connectivity index (χ4v) is 4.41. The molecule has 4 rings (SSSR count). The molecule has 2 aliphatic rings.